The average molecular weight is 222 g/mol. The number of hydrogen-bond donors (Lipinski definition) is 1. The predicted octanol–water partition coefficient (Wildman–Crippen LogP) is 1.48. The fraction of sp³-hybridized carbons (Fsp3) is 0.111. The summed E-state index contributed by atoms with van der Waals surface area (Å²) in [7, 11) is 0. The first kappa shape index (κ1) is 9.79. The normalized spacial score (nSPS) is 10.3. The number of aryl methyl sites for hydroxylation is 1. The maximum atomic E-state index is 5.74. The number of halogens is 1. The Morgan fingerprint density at radius 1 is 1.13 bits per heavy atom. The van der Waals surface area contributed by atoms with Gasteiger partial charge in [0.25, 0.3) is 0 Å². The van der Waals surface area contributed by atoms with Crippen molar-refractivity contribution >= 4 is 17.4 Å². The molecule has 76 valence electrons. The smallest absolute Gasteiger partial charge is 0.223 e. The van der Waals surface area contributed by atoms with Gasteiger partial charge in [0.15, 0.2) is 0 Å². The van der Waals surface area contributed by atoms with E-state index in [9.17, 15) is 0 Å². The first-order valence-electron chi connectivity index (χ1n) is 4.24. The minimum absolute atomic E-state index is 0.198. The van der Waals surface area contributed by atoms with Gasteiger partial charge in [-0.15, -0.1) is 0 Å². The molecule has 2 aromatic rings. The Morgan fingerprint density at radius 3 is 2.53 bits per heavy atom. The molecule has 2 aromatic heterocycles. The lowest BCUT2D eigenvalue weighted by atomic mass is 10.3. The summed E-state index contributed by atoms with van der Waals surface area (Å²) in [5.41, 5.74) is 7.47. The molecule has 5 nitrogen and oxygen atoms in total. The van der Waals surface area contributed by atoms with Gasteiger partial charge < -0.3 is 5.73 Å². The second kappa shape index (κ2) is 3.78. The molecule has 0 saturated heterocycles. The van der Waals surface area contributed by atoms with Crippen molar-refractivity contribution in [3.8, 4) is 11.4 Å². The van der Waals surface area contributed by atoms with E-state index in [0.29, 0.717) is 17.2 Å². The van der Waals surface area contributed by atoms with Crippen molar-refractivity contribution in [1.29, 1.82) is 0 Å². The number of nitrogens with two attached hydrogens (primary N) is 1. The number of aromatic nitrogens is 4. The van der Waals surface area contributed by atoms with E-state index in [4.69, 9.17) is 17.3 Å². The lowest BCUT2D eigenvalue weighted by Crippen LogP contribution is -1.95. The second-order valence-corrected chi connectivity index (χ2v) is 3.33. The lowest BCUT2D eigenvalue weighted by Gasteiger charge is -2.01. The monoisotopic (exact) mass is 221 g/mol. The van der Waals surface area contributed by atoms with Crippen LogP contribution in [0, 0.1) is 6.92 Å². The molecule has 0 spiro atoms. The van der Waals surface area contributed by atoms with E-state index >= 15 is 0 Å². The van der Waals surface area contributed by atoms with E-state index in [1.807, 2.05) is 6.92 Å². The summed E-state index contributed by atoms with van der Waals surface area (Å²) in [5, 5.41) is 0.198. The molecule has 0 saturated carbocycles. The van der Waals surface area contributed by atoms with Crippen molar-refractivity contribution in [1.82, 2.24) is 19.9 Å². The zero-order chi connectivity index (χ0) is 10.8. The van der Waals surface area contributed by atoms with Crippen molar-refractivity contribution in [3.63, 3.8) is 0 Å². The molecule has 0 aromatic carbocycles. The van der Waals surface area contributed by atoms with Gasteiger partial charge in [0.05, 0.1) is 18.1 Å². The fourth-order valence-electron chi connectivity index (χ4n) is 1.13. The van der Waals surface area contributed by atoms with E-state index in [-0.39, 0.29) is 5.28 Å². The summed E-state index contributed by atoms with van der Waals surface area (Å²) in [6, 6.07) is 1.78. The number of nitrogens with zero attached hydrogens (tertiary/aromatic N) is 4. The van der Waals surface area contributed by atoms with Crippen molar-refractivity contribution in [3.05, 3.63) is 29.4 Å². The van der Waals surface area contributed by atoms with Gasteiger partial charge in [0.1, 0.15) is 11.5 Å². The second-order valence-electron chi connectivity index (χ2n) is 2.99. The van der Waals surface area contributed by atoms with Crippen LogP contribution in [0.5, 0.6) is 0 Å². The van der Waals surface area contributed by atoms with Gasteiger partial charge in [-0.1, -0.05) is 0 Å². The molecule has 15 heavy (non-hydrogen) atoms. The van der Waals surface area contributed by atoms with Gasteiger partial charge in [-0.3, -0.25) is 0 Å². The SMILES string of the molecule is Cc1cc(-c2cnc(N)cn2)nc(Cl)n1. The summed E-state index contributed by atoms with van der Waals surface area (Å²) in [6.45, 7) is 1.84. The molecule has 0 unspecified atom stereocenters. The molecule has 0 aliphatic rings. The van der Waals surface area contributed by atoms with Crippen molar-refractivity contribution in [2.45, 2.75) is 6.92 Å². The van der Waals surface area contributed by atoms with E-state index < -0.39 is 0 Å². The standard InChI is InChI=1S/C9H8ClN5/c1-5-2-6(15-9(10)14-5)7-3-13-8(11)4-12-7/h2-4H,1H3,(H2,11,13). The Hall–Kier alpha value is -1.75. The Balaban J connectivity index is 2.49. The van der Waals surface area contributed by atoms with Gasteiger partial charge >= 0.3 is 0 Å². The molecule has 0 fully saturated rings. The third-order valence-corrected chi connectivity index (χ3v) is 1.93. The van der Waals surface area contributed by atoms with Gasteiger partial charge in [-0.25, -0.2) is 19.9 Å². The lowest BCUT2D eigenvalue weighted by molar-refractivity contribution is 1.09. The first-order chi connectivity index (χ1) is 7.15. The quantitative estimate of drug-likeness (QED) is 0.738. The van der Waals surface area contributed by atoms with E-state index in [2.05, 4.69) is 19.9 Å². The van der Waals surface area contributed by atoms with Gasteiger partial charge in [0, 0.05) is 5.69 Å². The molecule has 0 aliphatic heterocycles. The van der Waals surface area contributed by atoms with Crippen molar-refractivity contribution in [2.24, 2.45) is 0 Å². The van der Waals surface area contributed by atoms with Crippen LogP contribution in [0.2, 0.25) is 5.28 Å². The Kier molecular flexibility index (Phi) is 2.47. The third-order valence-electron chi connectivity index (χ3n) is 1.76. The maximum absolute atomic E-state index is 5.74. The molecular formula is C9H8ClN5. The predicted molar refractivity (Wildman–Crippen MR) is 57.2 cm³/mol. The minimum Gasteiger partial charge on any atom is -0.382 e. The van der Waals surface area contributed by atoms with Crippen LogP contribution in [0.25, 0.3) is 11.4 Å². The highest BCUT2D eigenvalue weighted by molar-refractivity contribution is 6.28. The molecule has 2 N–H and O–H groups in total. The van der Waals surface area contributed by atoms with Crippen LogP contribution < -0.4 is 5.73 Å². The largest absolute Gasteiger partial charge is 0.382 e. The molecule has 2 heterocycles. The highest BCUT2D eigenvalue weighted by atomic mass is 35.5. The summed E-state index contributed by atoms with van der Waals surface area (Å²) in [6.07, 6.45) is 3.02. The molecule has 0 amide bonds. The van der Waals surface area contributed by atoms with Crippen LogP contribution in [0.4, 0.5) is 5.82 Å². The van der Waals surface area contributed by atoms with E-state index in [1.54, 1.807) is 12.3 Å². The zero-order valence-corrected chi connectivity index (χ0v) is 8.73. The van der Waals surface area contributed by atoms with Crippen LogP contribution >= 0.6 is 11.6 Å². The zero-order valence-electron chi connectivity index (χ0n) is 7.98. The van der Waals surface area contributed by atoms with Gasteiger partial charge in [-0.2, -0.15) is 0 Å². The third kappa shape index (κ3) is 2.19. The molecule has 0 bridgehead atoms. The Morgan fingerprint density at radius 2 is 1.93 bits per heavy atom. The Bertz CT molecular complexity index is 462. The van der Waals surface area contributed by atoms with E-state index in [0.717, 1.165) is 5.69 Å². The number of rotatable bonds is 1. The number of nitrogen functional groups attached to an aromatic ring is 1. The van der Waals surface area contributed by atoms with Crippen LogP contribution in [-0.4, -0.2) is 19.9 Å². The maximum Gasteiger partial charge on any atom is 0.223 e. The van der Waals surface area contributed by atoms with Crippen LogP contribution in [0.3, 0.4) is 0 Å². The topological polar surface area (TPSA) is 77.6 Å². The average Bonchev–Trinajstić information content (AvgIpc) is 2.17. The molecule has 0 atom stereocenters. The summed E-state index contributed by atoms with van der Waals surface area (Å²) in [5.74, 6) is 0.371. The summed E-state index contributed by atoms with van der Waals surface area (Å²) < 4.78 is 0. The highest BCUT2D eigenvalue weighted by Gasteiger charge is 2.04. The molecule has 0 aliphatic carbocycles. The van der Waals surface area contributed by atoms with Crippen molar-refractivity contribution < 1.29 is 0 Å². The van der Waals surface area contributed by atoms with Crippen LogP contribution in [-0.2, 0) is 0 Å². The number of anilines is 1. The first-order valence-corrected chi connectivity index (χ1v) is 4.62. The minimum atomic E-state index is 0.198. The van der Waals surface area contributed by atoms with Gasteiger partial charge in [-0.05, 0) is 24.6 Å². The molecular weight excluding hydrogens is 214 g/mol. The van der Waals surface area contributed by atoms with Gasteiger partial charge in [0.2, 0.25) is 5.28 Å². The van der Waals surface area contributed by atoms with Crippen LogP contribution in [0.1, 0.15) is 5.69 Å². The summed E-state index contributed by atoms with van der Waals surface area (Å²) in [4.78, 5) is 16.0. The Labute approximate surface area is 91.4 Å². The number of hydrogen-bond acceptors (Lipinski definition) is 5. The summed E-state index contributed by atoms with van der Waals surface area (Å²) >= 11 is 5.74. The van der Waals surface area contributed by atoms with Crippen molar-refractivity contribution in [2.75, 3.05) is 5.73 Å². The highest BCUT2D eigenvalue weighted by Crippen LogP contribution is 2.16. The molecule has 2 rings (SSSR count). The fourth-order valence-corrected chi connectivity index (χ4v) is 1.36. The molecule has 6 heteroatoms. The molecule has 0 radical (unpaired) electrons. The van der Waals surface area contributed by atoms with E-state index in [1.165, 1.54) is 6.20 Å². The van der Waals surface area contributed by atoms with Crippen LogP contribution in [0.15, 0.2) is 18.5 Å².